The molecule has 0 saturated carbocycles. The number of fused-ring (bicyclic) bond motifs is 1. The van der Waals surface area contributed by atoms with Gasteiger partial charge in [-0.15, -0.1) is 0 Å². The van der Waals surface area contributed by atoms with E-state index in [4.69, 9.17) is 18.9 Å². The van der Waals surface area contributed by atoms with E-state index < -0.39 is 0 Å². The zero-order chi connectivity index (χ0) is 19.2. The molecule has 0 aliphatic carbocycles. The molecule has 27 heavy (non-hydrogen) atoms. The van der Waals surface area contributed by atoms with Crippen molar-refractivity contribution < 1.29 is 23.7 Å². The Bertz CT molecular complexity index is 848. The van der Waals surface area contributed by atoms with Gasteiger partial charge in [0.15, 0.2) is 23.0 Å². The quantitative estimate of drug-likeness (QED) is 0.625. The lowest BCUT2D eigenvalue weighted by Crippen LogP contribution is -2.18. The normalized spacial score (nSPS) is 12.9. The van der Waals surface area contributed by atoms with E-state index >= 15 is 0 Å². The van der Waals surface area contributed by atoms with Crippen molar-refractivity contribution in [2.45, 2.75) is 20.0 Å². The van der Waals surface area contributed by atoms with E-state index in [9.17, 15) is 4.79 Å². The summed E-state index contributed by atoms with van der Waals surface area (Å²) in [7, 11) is 1.53. The molecule has 3 rings (SSSR count). The van der Waals surface area contributed by atoms with Crippen molar-refractivity contribution in [1.82, 2.24) is 5.43 Å². The molecule has 0 atom stereocenters. The third kappa shape index (κ3) is 4.69. The summed E-state index contributed by atoms with van der Waals surface area (Å²) in [6.07, 6.45) is 1.55. The average molecular weight is 370 g/mol. The molecule has 1 N–H and O–H groups in total. The number of rotatable bonds is 6. The summed E-state index contributed by atoms with van der Waals surface area (Å²) < 4.78 is 21.9. The first-order chi connectivity index (χ1) is 13.1. The molecule has 0 fully saturated rings. The minimum absolute atomic E-state index is 0.00849. The third-order valence-corrected chi connectivity index (χ3v) is 3.73. The first kappa shape index (κ1) is 18.6. The van der Waals surface area contributed by atoms with E-state index in [-0.39, 0.29) is 12.0 Å². The fourth-order valence-corrected chi connectivity index (χ4v) is 2.53. The van der Waals surface area contributed by atoms with Gasteiger partial charge in [-0.25, -0.2) is 5.43 Å². The van der Waals surface area contributed by atoms with Crippen LogP contribution in [-0.4, -0.2) is 38.5 Å². The molecule has 7 nitrogen and oxygen atoms in total. The van der Waals surface area contributed by atoms with Gasteiger partial charge in [-0.3, -0.25) is 4.79 Å². The standard InChI is InChI=1S/C20H22N2O5/c1-13(2)27-17-7-5-15(11-18(17)24-3)20(23)22-21-12-14-4-6-16-19(10-14)26-9-8-25-16/h4-7,10-13H,8-9H2,1-3H3,(H,22,23)/b21-12+. The number of hydrogen-bond donors (Lipinski definition) is 1. The largest absolute Gasteiger partial charge is 0.493 e. The average Bonchev–Trinajstić information content (AvgIpc) is 2.67. The van der Waals surface area contributed by atoms with E-state index in [1.54, 1.807) is 24.4 Å². The zero-order valence-electron chi connectivity index (χ0n) is 15.5. The summed E-state index contributed by atoms with van der Waals surface area (Å²) in [5, 5.41) is 4.00. The molecule has 0 spiro atoms. The Hall–Kier alpha value is -3.22. The highest BCUT2D eigenvalue weighted by Crippen LogP contribution is 2.30. The Balaban J connectivity index is 1.66. The van der Waals surface area contributed by atoms with Gasteiger partial charge in [-0.2, -0.15) is 5.10 Å². The number of hydrazone groups is 1. The molecule has 1 aliphatic rings. The van der Waals surface area contributed by atoms with E-state index in [0.717, 1.165) is 5.56 Å². The van der Waals surface area contributed by atoms with Crippen LogP contribution in [0, 0.1) is 0 Å². The minimum Gasteiger partial charge on any atom is -0.493 e. The molecule has 142 valence electrons. The van der Waals surface area contributed by atoms with Crippen molar-refractivity contribution in [3.8, 4) is 23.0 Å². The highest BCUT2D eigenvalue weighted by Gasteiger charge is 2.13. The molecule has 1 aliphatic heterocycles. The number of hydrogen-bond acceptors (Lipinski definition) is 6. The van der Waals surface area contributed by atoms with Crippen molar-refractivity contribution in [3.63, 3.8) is 0 Å². The summed E-state index contributed by atoms with van der Waals surface area (Å²) in [4.78, 5) is 12.3. The van der Waals surface area contributed by atoms with Crippen LogP contribution in [0.3, 0.4) is 0 Å². The molecule has 2 aromatic carbocycles. The molecule has 0 saturated heterocycles. The summed E-state index contributed by atoms with van der Waals surface area (Å²) >= 11 is 0. The fraction of sp³-hybridized carbons (Fsp3) is 0.300. The molecule has 1 amide bonds. The Morgan fingerprint density at radius 2 is 1.89 bits per heavy atom. The fourth-order valence-electron chi connectivity index (χ4n) is 2.53. The Labute approximate surface area is 157 Å². The maximum atomic E-state index is 12.3. The summed E-state index contributed by atoms with van der Waals surface area (Å²) in [5.74, 6) is 2.11. The van der Waals surface area contributed by atoms with Crippen LogP contribution in [0.25, 0.3) is 0 Å². The first-order valence-corrected chi connectivity index (χ1v) is 8.64. The molecule has 0 aromatic heterocycles. The minimum atomic E-state index is -0.349. The van der Waals surface area contributed by atoms with Gasteiger partial charge >= 0.3 is 0 Å². The van der Waals surface area contributed by atoms with Crippen LogP contribution in [0.15, 0.2) is 41.5 Å². The van der Waals surface area contributed by atoms with Gasteiger partial charge < -0.3 is 18.9 Å². The van der Waals surface area contributed by atoms with Gasteiger partial charge in [0.2, 0.25) is 0 Å². The number of benzene rings is 2. The highest BCUT2D eigenvalue weighted by molar-refractivity contribution is 5.95. The van der Waals surface area contributed by atoms with Gasteiger partial charge in [0.25, 0.3) is 5.91 Å². The predicted octanol–water partition coefficient (Wildman–Crippen LogP) is 3.02. The van der Waals surface area contributed by atoms with Crippen LogP contribution in [0.4, 0.5) is 0 Å². The maximum absolute atomic E-state index is 12.3. The van der Waals surface area contributed by atoms with Crippen molar-refractivity contribution >= 4 is 12.1 Å². The molecule has 1 heterocycles. The Kier molecular flexibility index (Phi) is 5.80. The van der Waals surface area contributed by atoms with E-state index in [0.29, 0.717) is 41.8 Å². The van der Waals surface area contributed by atoms with Crippen LogP contribution in [-0.2, 0) is 0 Å². The summed E-state index contributed by atoms with van der Waals surface area (Å²) in [6.45, 7) is 4.91. The van der Waals surface area contributed by atoms with Crippen LogP contribution in [0.5, 0.6) is 23.0 Å². The second-order valence-corrected chi connectivity index (χ2v) is 6.13. The number of carbonyl (C=O) groups excluding carboxylic acids is 1. The van der Waals surface area contributed by atoms with Gasteiger partial charge in [0, 0.05) is 5.56 Å². The number of ether oxygens (including phenoxy) is 4. The molecule has 0 bridgehead atoms. The lowest BCUT2D eigenvalue weighted by Gasteiger charge is -2.18. The number of nitrogens with zero attached hydrogens (tertiary/aromatic N) is 1. The zero-order valence-corrected chi connectivity index (χ0v) is 15.5. The van der Waals surface area contributed by atoms with Gasteiger partial charge in [0.1, 0.15) is 13.2 Å². The molecular weight excluding hydrogens is 348 g/mol. The van der Waals surface area contributed by atoms with Crippen molar-refractivity contribution in [2.75, 3.05) is 20.3 Å². The van der Waals surface area contributed by atoms with E-state index in [2.05, 4.69) is 10.5 Å². The van der Waals surface area contributed by atoms with E-state index in [1.807, 2.05) is 32.0 Å². The Morgan fingerprint density at radius 1 is 1.11 bits per heavy atom. The molecule has 7 heteroatoms. The van der Waals surface area contributed by atoms with Crippen molar-refractivity contribution in [3.05, 3.63) is 47.5 Å². The number of methoxy groups -OCH3 is 1. The van der Waals surface area contributed by atoms with Crippen LogP contribution in [0.2, 0.25) is 0 Å². The van der Waals surface area contributed by atoms with E-state index in [1.165, 1.54) is 7.11 Å². The molecule has 2 aromatic rings. The third-order valence-electron chi connectivity index (χ3n) is 3.73. The highest BCUT2D eigenvalue weighted by atomic mass is 16.6. The van der Waals surface area contributed by atoms with Crippen LogP contribution in [0.1, 0.15) is 29.8 Å². The Morgan fingerprint density at radius 3 is 2.63 bits per heavy atom. The molecular formula is C20H22N2O5. The SMILES string of the molecule is COc1cc(C(=O)N/N=C/c2ccc3c(c2)OCCO3)ccc1OC(C)C. The summed E-state index contributed by atoms with van der Waals surface area (Å²) in [5.41, 5.74) is 3.71. The molecule has 0 unspecified atom stereocenters. The van der Waals surface area contributed by atoms with Crippen LogP contribution >= 0.6 is 0 Å². The number of carbonyl (C=O) groups is 1. The second-order valence-electron chi connectivity index (χ2n) is 6.13. The predicted molar refractivity (Wildman–Crippen MR) is 101 cm³/mol. The molecule has 0 radical (unpaired) electrons. The van der Waals surface area contributed by atoms with Crippen LogP contribution < -0.4 is 24.4 Å². The monoisotopic (exact) mass is 370 g/mol. The second kappa shape index (κ2) is 8.44. The number of amides is 1. The lowest BCUT2D eigenvalue weighted by atomic mass is 10.2. The lowest BCUT2D eigenvalue weighted by molar-refractivity contribution is 0.0954. The number of nitrogens with one attached hydrogen (secondary N) is 1. The first-order valence-electron chi connectivity index (χ1n) is 8.64. The topological polar surface area (TPSA) is 78.4 Å². The van der Waals surface area contributed by atoms with Crippen molar-refractivity contribution in [1.29, 1.82) is 0 Å². The smallest absolute Gasteiger partial charge is 0.271 e. The summed E-state index contributed by atoms with van der Waals surface area (Å²) in [6, 6.07) is 10.4. The van der Waals surface area contributed by atoms with Crippen molar-refractivity contribution in [2.24, 2.45) is 5.10 Å². The van der Waals surface area contributed by atoms with Gasteiger partial charge in [0.05, 0.1) is 19.4 Å². The van der Waals surface area contributed by atoms with Gasteiger partial charge in [-0.05, 0) is 55.8 Å². The maximum Gasteiger partial charge on any atom is 0.271 e. The van der Waals surface area contributed by atoms with Gasteiger partial charge in [-0.1, -0.05) is 0 Å².